The molecule has 2 N–H and O–H groups in total. The largest absolute Gasteiger partial charge is 0.334 e. The van der Waals surface area contributed by atoms with Crippen LogP contribution in [0.25, 0.3) is 0 Å². The highest BCUT2D eigenvalue weighted by Crippen LogP contribution is 2.12. The average molecular weight is 205 g/mol. The van der Waals surface area contributed by atoms with E-state index in [1.54, 1.807) is 4.90 Å². The number of hydrogen-bond donors (Lipinski definition) is 1. The SMILES string of the molecule is C=C(Br)CN1CC(N)C1=O. The Labute approximate surface area is 68.0 Å². The standard InChI is InChI=1S/C6H9BrN2O/c1-4(7)2-9-3-5(8)6(9)10/h5H,1-3,8H2. The molecule has 1 fully saturated rings. The number of hydrogen-bond acceptors (Lipinski definition) is 2. The molecular weight excluding hydrogens is 196 g/mol. The lowest BCUT2D eigenvalue weighted by Gasteiger charge is -2.35. The monoisotopic (exact) mass is 204 g/mol. The van der Waals surface area contributed by atoms with Crippen molar-refractivity contribution < 1.29 is 4.79 Å². The zero-order valence-electron chi connectivity index (χ0n) is 5.51. The minimum absolute atomic E-state index is 0.0144. The maximum absolute atomic E-state index is 10.8. The predicted molar refractivity (Wildman–Crippen MR) is 42.6 cm³/mol. The van der Waals surface area contributed by atoms with Gasteiger partial charge in [0.25, 0.3) is 0 Å². The van der Waals surface area contributed by atoms with Crippen LogP contribution in [0.4, 0.5) is 0 Å². The summed E-state index contributed by atoms with van der Waals surface area (Å²) in [4.78, 5) is 12.5. The maximum atomic E-state index is 10.8. The first-order valence-electron chi connectivity index (χ1n) is 2.99. The zero-order chi connectivity index (χ0) is 7.72. The first-order chi connectivity index (χ1) is 4.61. The number of carbonyl (C=O) groups excluding carboxylic acids is 1. The van der Waals surface area contributed by atoms with Crippen molar-refractivity contribution >= 4 is 21.8 Å². The third-order valence-corrected chi connectivity index (χ3v) is 1.66. The van der Waals surface area contributed by atoms with Gasteiger partial charge in [-0.15, -0.1) is 0 Å². The molecule has 10 heavy (non-hydrogen) atoms. The number of rotatable bonds is 2. The van der Waals surface area contributed by atoms with Crippen LogP contribution in [0, 0.1) is 0 Å². The summed E-state index contributed by atoms with van der Waals surface area (Å²) < 4.78 is 0.813. The van der Waals surface area contributed by atoms with Crippen LogP contribution < -0.4 is 5.73 Å². The first kappa shape index (κ1) is 7.75. The fourth-order valence-corrected chi connectivity index (χ4v) is 1.18. The maximum Gasteiger partial charge on any atom is 0.241 e. The van der Waals surface area contributed by atoms with E-state index in [9.17, 15) is 4.79 Å². The van der Waals surface area contributed by atoms with E-state index in [-0.39, 0.29) is 11.9 Å². The van der Waals surface area contributed by atoms with Gasteiger partial charge in [-0.1, -0.05) is 22.5 Å². The van der Waals surface area contributed by atoms with Crippen LogP contribution in [-0.4, -0.2) is 29.9 Å². The van der Waals surface area contributed by atoms with Gasteiger partial charge in [0.2, 0.25) is 5.91 Å². The molecule has 0 aliphatic carbocycles. The van der Waals surface area contributed by atoms with Crippen LogP contribution in [0.15, 0.2) is 11.1 Å². The molecule has 0 aromatic carbocycles. The van der Waals surface area contributed by atoms with Crippen LogP contribution in [0.5, 0.6) is 0 Å². The number of β-lactam (4-membered cyclic amide) rings is 1. The fourth-order valence-electron chi connectivity index (χ4n) is 0.877. The van der Waals surface area contributed by atoms with E-state index in [0.717, 1.165) is 4.48 Å². The molecule has 1 saturated heterocycles. The van der Waals surface area contributed by atoms with Gasteiger partial charge in [-0.2, -0.15) is 0 Å². The molecule has 1 heterocycles. The Morgan fingerprint density at radius 1 is 2.00 bits per heavy atom. The van der Waals surface area contributed by atoms with E-state index < -0.39 is 0 Å². The van der Waals surface area contributed by atoms with E-state index in [1.165, 1.54) is 0 Å². The molecule has 1 atom stereocenters. The Kier molecular flexibility index (Phi) is 2.11. The van der Waals surface area contributed by atoms with Crippen molar-refractivity contribution in [3.63, 3.8) is 0 Å². The molecule has 56 valence electrons. The van der Waals surface area contributed by atoms with Gasteiger partial charge in [-0.05, 0) is 0 Å². The van der Waals surface area contributed by atoms with E-state index in [1.807, 2.05) is 0 Å². The average Bonchev–Trinajstić information content (AvgIpc) is 1.86. The number of likely N-dealkylation sites (tertiary alicyclic amines) is 1. The molecule has 1 aliphatic heterocycles. The Morgan fingerprint density at radius 3 is 2.90 bits per heavy atom. The summed E-state index contributed by atoms with van der Waals surface area (Å²) in [7, 11) is 0. The fraction of sp³-hybridized carbons (Fsp3) is 0.500. The van der Waals surface area contributed by atoms with Crippen LogP contribution in [0.3, 0.4) is 0 Å². The molecule has 0 radical (unpaired) electrons. The molecule has 0 bridgehead atoms. The highest BCUT2D eigenvalue weighted by atomic mass is 79.9. The van der Waals surface area contributed by atoms with Gasteiger partial charge < -0.3 is 10.6 Å². The molecule has 1 unspecified atom stereocenters. The normalized spacial score (nSPS) is 24.4. The molecule has 0 spiro atoms. The number of carbonyl (C=O) groups is 1. The molecule has 0 aromatic heterocycles. The van der Waals surface area contributed by atoms with Gasteiger partial charge in [0.15, 0.2) is 0 Å². The van der Waals surface area contributed by atoms with Crippen molar-refractivity contribution in [2.75, 3.05) is 13.1 Å². The smallest absolute Gasteiger partial charge is 0.241 e. The van der Waals surface area contributed by atoms with Gasteiger partial charge in [-0.25, -0.2) is 0 Å². The van der Waals surface area contributed by atoms with E-state index >= 15 is 0 Å². The highest BCUT2D eigenvalue weighted by molar-refractivity contribution is 9.11. The Morgan fingerprint density at radius 2 is 2.60 bits per heavy atom. The first-order valence-corrected chi connectivity index (χ1v) is 3.78. The lowest BCUT2D eigenvalue weighted by Crippen LogP contribution is -2.60. The molecule has 3 nitrogen and oxygen atoms in total. The highest BCUT2D eigenvalue weighted by Gasteiger charge is 2.32. The summed E-state index contributed by atoms with van der Waals surface area (Å²) in [6, 6.07) is -0.271. The van der Waals surface area contributed by atoms with Gasteiger partial charge in [0, 0.05) is 11.0 Å². The van der Waals surface area contributed by atoms with Gasteiger partial charge in [0.05, 0.1) is 6.54 Å². The minimum atomic E-state index is -0.271. The van der Waals surface area contributed by atoms with E-state index in [2.05, 4.69) is 22.5 Å². The third-order valence-electron chi connectivity index (χ3n) is 1.41. The molecule has 0 saturated carbocycles. The van der Waals surface area contributed by atoms with Crippen LogP contribution >= 0.6 is 15.9 Å². The van der Waals surface area contributed by atoms with Crippen molar-refractivity contribution in [1.29, 1.82) is 0 Å². The number of amides is 1. The summed E-state index contributed by atoms with van der Waals surface area (Å²) in [6.07, 6.45) is 0. The second-order valence-electron chi connectivity index (χ2n) is 2.34. The quantitative estimate of drug-likeness (QED) is 0.648. The Hall–Kier alpha value is -0.350. The number of halogens is 1. The van der Waals surface area contributed by atoms with Gasteiger partial charge in [-0.3, -0.25) is 4.79 Å². The summed E-state index contributed by atoms with van der Waals surface area (Å²) in [5.41, 5.74) is 5.35. The lowest BCUT2D eigenvalue weighted by molar-refractivity contribution is -0.141. The Bertz CT molecular complexity index is 181. The number of nitrogens with zero attached hydrogens (tertiary/aromatic N) is 1. The molecule has 1 amide bonds. The second kappa shape index (κ2) is 2.72. The van der Waals surface area contributed by atoms with Crippen molar-refractivity contribution in [3.05, 3.63) is 11.1 Å². The van der Waals surface area contributed by atoms with Gasteiger partial charge >= 0.3 is 0 Å². The molecule has 1 rings (SSSR count). The van der Waals surface area contributed by atoms with E-state index in [0.29, 0.717) is 13.1 Å². The van der Waals surface area contributed by atoms with E-state index in [4.69, 9.17) is 5.73 Å². The Balaban J connectivity index is 2.34. The van der Waals surface area contributed by atoms with Crippen LogP contribution in [0.2, 0.25) is 0 Å². The van der Waals surface area contributed by atoms with Crippen LogP contribution in [0.1, 0.15) is 0 Å². The summed E-state index contributed by atoms with van der Waals surface area (Å²) in [5.74, 6) is 0.0144. The van der Waals surface area contributed by atoms with Crippen molar-refractivity contribution in [2.24, 2.45) is 5.73 Å². The van der Waals surface area contributed by atoms with Crippen LogP contribution in [-0.2, 0) is 4.79 Å². The van der Waals surface area contributed by atoms with Crippen molar-refractivity contribution in [1.82, 2.24) is 4.90 Å². The molecule has 0 aromatic rings. The summed E-state index contributed by atoms with van der Waals surface area (Å²) in [5, 5.41) is 0. The summed E-state index contributed by atoms with van der Waals surface area (Å²) in [6.45, 7) is 4.85. The molecular formula is C6H9BrN2O. The molecule has 4 heteroatoms. The third kappa shape index (κ3) is 1.38. The second-order valence-corrected chi connectivity index (χ2v) is 3.46. The predicted octanol–water partition coefficient (Wildman–Crippen LogP) is 0.0645. The van der Waals surface area contributed by atoms with Crippen molar-refractivity contribution in [3.8, 4) is 0 Å². The summed E-state index contributed by atoms with van der Waals surface area (Å²) >= 11 is 3.17. The topological polar surface area (TPSA) is 46.3 Å². The minimum Gasteiger partial charge on any atom is -0.334 e. The van der Waals surface area contributed by atoms with Crippen molar-refractivity contribution in [2.45, 2.75) is 6.04 Å². The zero-order valence-corrected chi connectivity index (χ0v) is 7.10. The van der Waals surface area contributed by atoms with Gasteiger partial charge in [0.1, 0.15) is 6.04 Å². The lowest BCUT2D eigenvalue weighted by atomic mass is 10.1. The number of nitrogens with two attached hydrogens (primary N) is 1. The molecule has 1 aliphatic rings.